The number of carbonyl (C=O) groups excluding carboxylic acids is 1. The van der Waals surface area contributed by atoms with E-state index < -0.39 is 0 Å². The van der Waals surface area contributed by atoms with Crippen LogP contribution in [0.3, 0.4) is 0 Å². The Morgan fingerprint density at radius 1 is 0.720 bits per heavy atom. The third-order valence-electron chi connectivity index (χ3n) is 4.70. The number of hydrogen-bond acceptors (Lipinski definition) is 8. The Hall–Kier alpha value is -0.810. The SMILES string of the molecule is CC(=O)NC12CNCCNCC(N)(CNCCNC1)CNCCNC2. The van der Waals surface area contributed by atoms with Crippen molar-refractivity contribution in [1.29, 1.82) is 0 Å². The summed E-state index contributed by atoms with van der Waals surface area (Å²) in [5, 5.41) is 24.0. The summed E-state index contributed by atoms with van der Waals surface area (Å²) >= 11 is 0. The van der Waals surface area contributed by atoms with Crippen molar-refractivity contribution in [2.75, 3.05) is 78.5 Å². The fraction of sp³-hybridized carbons (Fsp3) is 0.938. The molecule has 0 aromatic rings. The lowest BCUT2D eigenvalue weighted by atomic mass is 9.98. The van der Waals surface area contributed by atoms with E-state index in [1.54, 1.807) is 6.92 Å². The van der Waals surface area contributed by atoms with E-state index in [2.05, 4.69) is 37.2 Å². The summed E-state index contributed by atoms with van der Waals surface area (Å²) in [5.74, 6) is -0.00470. The summed E-state index contributed by atoms with van der Waals surface area (Å²) in [4.78, 5) is 11.8. The van der Waals surface area contributed by atoms with Gasteiger partial charge in [0.15, 0.2) is 0 Å². The minimum absolute atomic E-state index is 0.00470. The van der Waals surface area contributed by atoms with Gasteiger partial charge in [0.1, 0.15) is 0 Å². The van der Waals surface area contributed by atoms with E-state index in [0.717, 1.165) is 58.9 Å². The summed E-state index contributed by atoms with van der Waals surface area (Å²) in [7, 11) is 0. The number of nitrogens with one attached hydrogen (secondary N) is 7. The third-order valence-corrected chi connectivity index (χ3v) is 4.70. The van der Waals surface area contributed by atoms with E-state index in [4.69, 9.17) is 5.73 Å². The minimum atomic E-state index is -0.350. The molecule has 25 heavy (non-hydrogen) atoms. The molecule has 3 saturated heterocycles. The fourth-order valence-electron chi connectivity index (χ4n) is 3.41. The molecule has 0 atom stereocenters. The van der Waals surface area contributed by atoms with E-state index in [9.17, 15) is 4.79 Å². The highest BCUT2D eigenvalue weighted by molar-refractivity contribution is 5.74. The van der Waals surface area contributed by atoms with Crippen LogP contribution < -0.4 is 43.0 Å². The largest absolute Gasteiger partial charge is 0.347 e. The van der Waals surface area contributed by atoms with Gasteiger partial charge in [0, 0.05) is 85.5 Å². The van der Waals surface area contributed by atoms with E-state index in [0.29, 0.717) is 19.6 Å². The predicted molar refractivity (Wildman–Crippen MR) is 101 cm³/mol. The molecule has 9 heteroatoms. The van der Waals surface area contributed by atoms with Crippen molar-refractivity contribution in [3.8, 4) is 0 Å². The first-order valence-corrected chi connectivity index (χ1v) is 9.36. The Balaban J connectivity index is 2.12. The fourth-order valence-corrected chi connectivity index (χ4v) is 3.41. The molecule has 0 aromatic heterocycles. The molecule has 0 unspecified atom stereocenters. The number of hydrogen-bond donors (Lipinski definition) is 8. The van der Waals surface area contributed by atoms with Crippen molar-refractivity contribution in [2.45, 2.75) is 18.0 Å². The van der Waals surface area contributed by atoms with Gasteiger partial charge in [-0.05, 0) is 0 Å². The minimum Gasteiger partial charge on any atom is -0.347 e. The van der Waals surface area contributed by atoms with Gasteiger partial charge in [-0.1, -0.05) is 0 Å². The van der Waals surface area contributed by atoms with Crippen LogP contribution in [0.1, 0.15) is 6.92 Å². The first-order chi connectivity index (χ1) is 12.0. The molecule has 0 radical (unpaired) electrons. The lowest BCUT2D eigenvalue weighted by Gasteiger charge is -2.37. The first kappa shape index (κ1) is 20.5. The van der Waals surface area contributed by atoms with Crippen LogP contribution in [0.25, 0.3) is 0 Å². The van der Waals surface area contributed by atoms with Gasteiger partial charge in [-0.3, -0.25) is 4.79 Å². The molecule has 3 aliphatic rings. The van der Waals surface area contributed by atoms with Gasteiger partial charge in [0.25, 0.3) is 0 Å². The molecule has 146 valence electrons. The molecule has 9 nitrogen and oxygen atoms in total. The van der Waals surface area contributed by atoms with Crippen molar-refractivity contribution >= 4 is 5.91 Å². The van der Waals surface area contributed by atoms with Crippen molar-refractivity contribution in [3.05, 3.63) is 0 Å². The highest BCUT2D eigenvalue weighted by atomic mass is 16.1. The molecular formula is C16H36N8O. The molecule has 3 rings (SSSR count). The van der Waals surface area contributed by atoms with Gasteiger partial charge in [-0.15, -0.1) is 0 Å². The molecule has 2 bridgehead atoms. The molecule has 0 aliphatic carbocycles. The Morgan fingerprint density at radius 2 is 1.04 bits per heavy atom. The van der Waals surface area contributed by atoms with Gasteiger partial charge in [-0.25, -0.2) is 0 Å². The Kier molecular flexibility index (Phi) is 8.50. The second-order valence-corrected chi connectivity index (χ2v) is 7.38. The zero-order valence-corrected chi connectivity index (χ0v) is 15.5. The average Bonchev–Trinajstić information content (AvgIpc) is 2.56. The van der Waals surface area contributed by atoms with Crippen LogP contribution in [0.4, 0.5) is 0 Å². The van der Waals surface area contributed by atoms with Crippen molar-refractivity contribution in [2.24, 2.45) is 5.73 Å². The Morgan fingerprint density at radius 3 is 1.36 bits per heavy atom. The highest BCUT2D eigenvalue weighted by Gasteiger charge is 2.31. The summed E-state index contributed by atoms with van der Waals surface area (Å²) in [6.45, 7) is 11.0. The van der Waals surface area contributed by atoms with Crippen LogP contribution in [0.5, 0.6) is 0 Å². The molecular weight excluding hydrogens is 320 g/mol. The van der Waals surface area contributed by atoms with E-state index in [1.165, 1.54) is 0 Å². The van der Waals surface area contributed by atoms with Gasteiger partial charge in [0.2, 0.25) is 5.91 Å². The zero-order valence-electron chi connectivity index (χ0n) is 15.5. The summed E-state index contributed by atoms with van der Waals surface area (Å²) in [6.07, 6.45) is 0. The van der Waals surface area contributed by atoms with Crippen LogP contribution in [0, 0.1) is 0 Å². The number of amides is 1. The van der Waals surface area contributed by atoms with Crippen LogP contribution >= 0.6 is 0 Å². The van der Waals surface area contributed by atoms with E-state index in [1.807, 2.05) is 0 Å². The second-order valence-electron chi connectivity index (χ2n) is 7.38. The van der Waals surface area contributed by atoms with Gasteiger partial charge in [-0.2, -0.15) is 0 Å². The van der Waals surface area contributed by atoms with Crippen molar-refractivity contribution < 1.29 is 4.79 Å². The normalized spacial score (nSPS) is 34.0. The van der Waals surface area contributed by atoms with Crippen LogP contribution in [0.2, 0.25) is 0 Å². The maximum Gasteiger partial charge on any atom is 0.217 e. The molecule has 0 aromatic carbocycles. The van der Waals surface area contributed by atoms with Crippen LogP contribution in [-0.4, -0.2) is 95.5 Å². The predicted octanol–water partition coefficient (Wildman–Crippen LogP) is -3.88. The summed E-state index contributed by atoms with van der Waals surface area (Å²) in [5.41, 5.74) is 5.92. The summed E-state index contributed by atoms with van der Waals surface area (Å²) in [6, 6.07) is 0. The molecule has 0 spiro atoms. The molecule has 3 heterocycles. The lowest BCUT2D eigenvalue weighted by molar-refractivity contribution is -0.120. The number of nitrogens with two attached hydrogens (primary N) is 1. The quantitative estimate of drug-likeness (QED) is 0.240. The number of fused-ring (bicyclic) bond motifs is 15. The first-order valence-electron chi connectivity index (χ1n) is 9.36. The smallest absolute Gasteiger partial charge is 0.217 e. The van der Waals surface area contributed by atoms with Gasteiger partial charge < -0.3 is 43.0 Å². The molecule has 9 N–H and O–H groups in total. The van der Waals surface area contributed by atoms with Crippen LogP contribution in [-0.2, 0) is 4.79 Å². The number of carbonyl (C=O) groups is 1. The standard InChI is InChI=1S/C16H36N8O/c1-14(25)24-16-11-21-5-2-18-8-15(17,9-19-3-6-22-12-16)10-20-4-7-23-13-16/h18-23H,2-13,17H2,1H3,(H,24,25). The van der Waals surface area contributed by atoms with Crippen molar-refractivity contribution in [3.63, 3.8) is 0 Å². The monoisotopic (exact) mass is 356 g/mol. The van der Waals surface area contributed by atoms with Gasteiger partial charge >= 0.3 is 0 Å². The molecule has 0 saturated carbocycles. The Labute approximate surface area is 151 Å². The van der Waals surface area contributed by atoms with Crippen LogP contribution in [0.15, 0.2) is 0 Å². The molecule has 3 aliphatic heterocycles. The van der Waals surface area contributed by atoms with E-state index >= 15 is 0 Å². The topological polar surface area (TPSA) is 127 Å². The Bertz CT molecular complexity index is 362. The average molecular weight is 357 g/mol. The number of rotatable bonds is 1. The lowest BCUT2D eigenvalue weighted by Crippen LogP contribution is -2.66. The van der Waals surface area contributed by atoms with Crippen molar-refractivity contribution in [1.82, 2.24) is 37.2 Å². The van der Waals surface area contributed by atoms with E-state index in [-0.39, 0.29) is 17.0 Å². The molecule has 1 amide bonds. The third kappa shape index (κ3) is 7.53. The second kappa shape index (κ2) is 10.4. The maximum atomic E-state index is 11.8. The maximum absolute atomic E-state index is 11.8. The summed E-state index contributed by atoms with van der Waals surface area (Å²) < 4.78 is 0. The zero-order chi connectivity index (χ0) is 18.0. The molecule has 3 fully saturated rings. The van der Waals surface area contributed by atoms with Gasteiger partial charge in [0.05, 0.1) is 11.1 Å². The highest BCUT2D eigenvalue weighted by Crippen LogP contribution is 2.03.